The van der Waals surface area contributed by atoms with Crippen molar-refractivity contribution in [1.29, 1.82) is 0 Å². The monoisotopic (exact) mass is 229 g/mol. The van der Waals surface area contributed by atoms with Crippen molar-refractivity contribution < 1.29 is 19.4 Å². The van der Waals surface area contributed by atoms with Gasteiger partial charge in [-0.2, -0.15) is 0 Å². The van der Waals surface area contributed by atoms with Gasteiger partial charge < -0.3 is 14.7 Å². The molecule has 92 valence electrons. The van der Waals surface area contributed by atoms with Gasteiger partial charge in [-0.25, -0.2) is 4.79 Å². The van der Waals surface area contributed by atoms with Gasteiger partial charge in [0.1, 0.15) is 0 Å². The van der Waals surface area contributed by atoms with Crippen LogP contribution in [0.25, 0.3) is 0 Å². The zero-order valence-corrected chi connectivity index (χ0v) is 9.65. The fourth-order valence-electron chi connectivity index (χ4n) is 1.74. The molecule has 16 heavy (non-hydrogen) atoms. The lowest BCUT2D eigenvalue weighted by Crippen LogP contribution is -2.42. The fraction of sp³-hybridized carbons (Fsp3) is 0.818. The van der Waals surface area contributed by atoms with Crippen LogP contribution in [0.1, 0.15) is 32.6 Å². The van der Waals surface area contributed by atoms with E-state index >= 15 is 0 Å². The third-order valence-corrected chi connectivity index (χ3v) is 2.75. The lowest BCUT2D eigenvalue weighted by Gasteiger charge is -2.29. The smallest absolute Gasteiger partial charge is 0.409 e. The normalized spacial score (nSPS) is 20.6. The maximum absolute atomic E-state index is 11.6. The third-order valence-electron chi connectivity index (χ3n) is 2.75. The van der Waals surface area contributed by atoms with Crippen molar-refractivity contribution in [1.82, 2.24) is 4.90 Å². The minimum absolute atomic E-state index is 0.278. The maximum atomic E-state index is 11.6. The number of piperidine rings is 1. The molecule has 0 spiro atoms. The lowest BCUT2D eigenvalue weighted by molar-refractivity contribution is -0.143. The Morgan fingerprint density at radius 1 is 1.50 bits per heavy atom. The summed E-state index contributed by atoms with van der Waals surface area (Å²) in [7, 11) is 0. The number of carboxylic acids is 1. The minimum Gasteiger partial charge on any atom is -0.481 e. The van der Waals surface area contributed by atoms with Gasteiger partial charge in [-0.3, -0.25) is 4.79 Å². The highest BCUT2D eigenvalue weighted by Gasteiger charge is 2.28. The van der Waals surface area contributed by atoms with E-state index < -0.39 is 11.9 Å². The summed E-state index contributed by atoms with van der Waals surface area (Å²) in [6, 6.07) is 0. The highest BCUT2D eigenvalue weighted by Crippen LogP contribution is 2.17. The van der Waals surface area contributed by atoms with E-state index in [9.17, 15) is 9.59 Å². The van der Waals surface area contributed by atoms with E-state index in [2.05, 4.69) is 0 Å². The molecule has 0 aromatic carbocycles. The first-order chi connectivity index (χ1) is 7.65. The molecule has 0 unspecified atom stereocenters. The fourth-order valence-corrected chi connectivity index (χ4v) is 1.74. The number of unbranched alkanes of at least 4 members (excludes halogenated alkanes) is 1. The summed E-state index contributed by atoms with van der Waals surface area (Å²) in [5.74, 6) is -1.27. The summed E-state index contributed by atoms with van der Waals surface area (Å²) in [4.78, 5) is 23.9. The molecule has 5 heteroatoms. The molecule has 1 heterocycles. The predicted octanol–water partition coefficient (Wildman–Crippen LogP) is 1.72. The lowest BCUT2D eigenvalue weighted by atomic mass is 9.99. The van der Waals surface area contributed by atoms with Crippen molar-refractivity contribution in [3.8, 4) is 0 Å². The van der Waals surface area contributed by atoms with Gasteiger partial charge in [0, 0.05) is 13.1 Å². The molecular weight excluding hydrogens is 210 g/mol. The average molecular weight is 229 g/mol. The molecule has 0 aromatic rings. The molecule has 0 aliphatic carbocycles. The van der Waals surface area contributed by atoms with Gasteiger partial charge >= 0.3 is 12.1 Å². The predicted molar refractivity (Wildman–Crippen MR) is 58.2 cm³/mol. The van der Waals surface area contributed by atoms with Gasteiger partial charge in [0.05, 0.1) is 12.5 Å². The first kappa shape index (κ1) is 12.8. The molecule has 1 aliphatic heterocycles. The zero-order chi connectivity index (χ0) is 12.0. The average Bonchev–Trinajstić information content (AvgIpc) is 2.29. The van der Waals surface area contributed by atoms with Crippen molar-refractivity contribution >= 4 is 12.1 Å². The van der Waals surface area contributed by atoms with E-state index in [4.69, 9.17) is 9.84 Å². The van der Waals surface area contributed by atoms with Crippen LogP contribution in [0, 0.1) is 5.92 Å². The van der Waals surface area contributed by atoms with Crippen molar-refractivity contribution in [2.24, 2.45) is 5.92 Å². The van der Waals surface area contributed by atoms with Crippen LogP contribution < -0.4 is 0 Å². The number of nitrogens with zero attached hydrogens (tertiary/aromatic N) is 1. The number of rotatable bonds is 4. The Balaban J connectivity index is 2.35. The van der Waals surface area contributed by atoms with Crippen molar-refractivity contribution in [2.75, 3.05) is 19.7 Å². The summed E-state index contributed by atoms with van der Waals surface area (Å²) in [6.45, 7) is 3.33. The highest BCUT2D eigenvalue weighted by atomic mass is 16.6. The Morgan fingerprint density at radius 3 is 2.88 bits per heavy atom. The number of likely N-dealkylation sites (tertiary alicyclic amines) is 1. The Labute approximate surface area is 95.4 Å². The minimum atomic E-state index is -0.828. The summed E-state index contributed by atoms with van der Waals surface area (Å²) in [5, 5.41) is 8.87. The Kier molecular flexibility index (Phi) is 5.08. The molecule has 0 bridgehead atoms. The van der Waals surface area contributed by atoms with Crippen LogP contribution in [-0.2, 0) is 9.53 Å². The van der Waals surface area contributed by atoms with Gasteiger partial charge in [0.15, 0.2) is 0 Å². The van der Waals surface area contributed by atoms with E-state index in [0.29, 0.717) is 19.6 Å². The standard InChI is InChI=1S/C11H19NO4/c1-2-3-7-16-11(15)12-6-4-5-9(8-12)10(13)14/h9H,2-8H2,1H3,(H,13,14)/t9-/m0/s1. The first-order valence-corrected chi connectivity index (χ1v) is 5.79. The van der Waals surface area contributed by atoms with Crippen LogP contribution in [0.4, 0.5) is 4.79 Å². The summed E-state index contributed by atoms with van der Waals surface area (Å²) >= 11 is 0. The molecule has 1 atom stereocenters. The summed E-state index contributed by atoms with van der Waals surface area (Å²) in [6.07, 6.45) is 2.83. The molecular formula is C11H19NO4. The van der Waals surface area contributed by atoms with Crippen LogP contribution in [-0.4, -0.2) is 41.8 Å². The van der Waals surface area contributed by atoms with E-state index in [-0.39, 0.29) is 12.6 Å². The van der Waals surface area contributed by atoms with Gasteiger partial charge in [-0.15, -0.1) is 0 Å². The number of carboxylic acid groups (broad SMARTS) is 1. The first-order valence-electron chi connectivity index (χ1n) is 5.79. The van der Waals surface area contributed by atoms with Gasteiger partial charge in [0.25, 0.3) is 0 Å². The molecule has 1 amide bonds. The molecule has 1 fully saturated rings. The maximum Gasteiger partial charge on any atom is 0.409 e. The molecule has 1 rings (SSSR count). The SMILES string of the molecule is CCCCOC(=O)N1CCC[C@H](C(=O)O)C1. The van der Waals surface area contributed by atoms with E-state index in [1.54, 1.807) is 0 Å². The second kappa shape index (κ2) is 6.35. The molecule has 1 saturated heterocycles. The van der Waals surface area contributed by atoms with Crippen LogP contribution >= 0.6 is 0 Å². The van der Waals surface area contributed by atoms with Crippen LogP contribution in [0.5, 0.6) is 0 Å². The van der Waals surface area contributed by atoms with Crippen LogP contribution in [0.3, 0.4) is 0 Å². The van der Waals surface area contributed by atoms with Gasteiger partial charge in [-0.05, 0) is 19.3 Å². The molecule has 1 N–H and O–H groups in total. The van der Waals surface area contributed by atoms with Crippen molar-refractivity contribution in [3.05, 3.63) is 0 Å². The van der Waals surface area contributed by atoms with Crippen molar-refractivity contribution in [3.63, 3.8) is 0 Å². The molecule has 0 saturated carbocycles. The number of carbonyl (C=O) groups is 2. The number of ether oxygens (including phenoxy) is 1. The number of aliphatic carboxylic acids is 1. The van der Waals surface area contributed by atoms with E-state index in [1.807, 2.05) is 6.92 Å². The Bertz CT molecular complexity index is 254. The number of hydrogen-bond acceptors (Lipinski definition) is 3. The Morgan fingerprint density at radius 2 is 2.25 bits per heavy atom. The quantitative estimate of drug-likeness (QED) is 0.745. The second-order valence-electron chi connectivity index (χ2n) is 4.09. The van der Waals surface area contributed by atoms with E-state index in [0.717, 1.165) is 19.3 Å². The number of carbonyl (C=O) groups excluding carboxylic acids is 1. The highest BCUT2D eigenvalue weighted by molar-refractivity contribution is 5.73. The number of hydrogen-bond donors (Lipinski definition) is 1. The van der Waals surface area contributed by atoms with Gasteiger partial charge in [-0.1, -0.05) is 13.3 Å². The van der Waals surface area contributed by atoms with Crippen LogP contribution in [0.2, 0.25) is 0 Å². The third kappa shape index (κ3) is 3.72. The Hall–Kier alpha value is -1.26. The molecule has 0 aromatic heterocycles. The van der Waals surface area contributed by atoms with E-state index in [1.165, 1.54) is 4.90 Å². The second-order valence-corrected chi connectivity index (χ2v) is 4.09. The molecule has 1 aliphatic rings. The molecule has 0 radical (unpaired) electrons. The topological polar surface area (TPSA) is 66.8 Å². The molecule has 5 nitrogen and oxygen atoms in total. The zero-order valence-electron chi connectivity index (χ0n) is 9.65. The van der Waals surface area contributed by atoms with Crippen molar-refractivity contribution in [2.45, 2.75) is 32.6 Å². The van der Waals surface area contributed by atoms with Gasteiger partial charge in [0.2, 0.25) is 0 Å². The van der Waals surface area contributed by atoms with Crippen LogP contribution in [0.15, 0.2) is 0 Å². The largest absolute Gasteiger partial charge is 0.481 e. The summed E-state index contributed by atoms with van der Waals surface area (Å²) in [5.41, 5.74) is 0. The number of amides is 1. The summed E-state index contributed by atoms with van der Waals surface area (Å²) < 4.78 is 5.04.